The Morgan fingerprint density at radius 1 is 1.11 bits per heavy atom. The fourth-order valence-electron chi connectivity index (χ4n) is 2.06. The van der Waals surface area contributed by atoms with E-state index in [1.807, 2.05) is 25.1 Å². The lowest BCUT2D eigenvalue weighted by atomic mass is 9.95. The molecule has 2 unspecified atom stereocenters. The van der Waals surface area contributed by atoms with Crippen LogP contribution in [0, 0.1) is 5.92 Å². The summed E-state index contributed by atoms with van der Waals surface area (Å²) in [7, 11) is 3.57. The van der Waals surface area contributed by atoms with Crippen molar-refractivity contribution in [3.05, 3.63) is 35.9 Å². The highest BCUT2D eigenvalue weighted by atomic mass is 16.2. The molecule has 3 nitrogen and oxygen atoms in total. The zero-order valence-electron chi connectivity index (χ0n) is 12.0. The van der Waals surface area contributed by atoms with Crippen LogP contribution in [-0.4, -0.2) is 30.9 Å². The summed E-state index contributed by atoms with van der Waals surface area (Å²) < 4.78 is 0. The monoisotopic (exact) mass is 248 g/mol. The minimum absolute atomic E-state index is 0.108. The molecule has 18 heavy (non-hydrogen) atoms. The van der Waals surface area contributed by atoms with Crippen molar-refractivity contribution in [1.82, 2.24) is 10.2 Å². The first-order valence-corrected chi connectivity index (χ1v) is 6.45. The standard InChI is InChI=1S/C15H24N2O/c1-11(2)14(13-9-7-6-8-10-13)16-12(3)15(18)17(4)5/h6-12,14,16H,1-5H3. The molecule has 1 rings (SSSR count). The van der Waals surface area contributed by atoms with Gasteiger partial charge in [0.1, 0.15) is 0 Å². The molecule has 1 aromatic rings. The summed E-state index contributed by atoms with van der Waals surface area (Å²) in [5.74, 6) is 0.543. The highest BCUT2D eigenvalue weighted by Crippen LogP contribution is 2.22. The van der Waals surface area contributed by atoms with E-state index in [0.717, 1.165) is 0 Å². The van der Waals surface area contributed by atoms with Crippen LogP contribution in [0.3, 0.4) is 0 Å². The van der Waals surface area contributed by atoms with Gasteiger partial charge in [0.15, 0.2) is 0 Å². The van der Waals surface area contributed by atoms with E-state index in [-0.39, 0.29) is 18.0 Å². The Morgan fingerprint density at radius 2 is 1.67 bits per heavy atom. The van der Waals surface area contributed by atoms with Crippen LogP contribution in [0.2, 0.25) is 0 Å². The molecule has 0 saturated carbocycles. The van der Waals surface area contributed by atoms with E-state index in [9.17, 15) is 4.79 Å². The minimum Gasteiger partial charge on any atom is -0.347 e. The second kappa shape index (κ2) is 6.55. The van der Waals surface area contributed by atoms with Crippen molar-refractivity contribution in [3.63, 3.8) is 0 Å². The predicted octanol–water partition coefficient (Wildman–Crippen LogP) is 2.45. The number of carbonyl (C=O) groups excluding carboxylic acids is 1. The molecule has 3 heteroatoms. The summed E-state index contributed by atoms with van der Waals surface area (Å²) in [5.41, 5.74) is 1.23. The molecule has 0 fully saturated rings. The maximum Gasteiger partial charge on any atom is 0.238 e. The van der Waals surface area contributed by atoms with Crippen molar-refractivity contribution in [2.75, 3.05) is 14.1 Å². The summed E-state index contributed by atoms with van der Waals surface area (Å²) in [4.78, 5) is 13.5. The van der Waals surface area contributed by atoms with E-state index in [1.165, 1.54) is 5.56 Å². The van der Waals surface area contributed by atoms with Gasteiger partial charge in [0.2, 0.25) is 5.91 Å². The third-order valence-electron chi connectivity index (χ3n) is 3.07. The van der Waals surface area contributed by atoms with Crippen LogP contribution < -0.4 is 5.32 Å². The summed E-state index contributed by atoms with van der Waals surface area (Å²) in [6, 6.07) is 10.3. The summed E-state index contributed by atoms with van der Waals surface area (Å²) >= 11 is 0. The van der Waals surface area contributed by atoms with Gasteiger partial charge in [0.05, 0.1) is 6.04 Å². The molecule has 0 aliphatic rings. The smallest absolute Gasteiger partial charge is 0.238 e. The first-order chi connectivity index (χ1) is 8.43. The molecular formula is C15H24N2O. The normalized spacial score (nSPS) is 14.3. The average Bonchev–Trinajstić information content (AvgIpc) is 2.35. The zero-order valence-corrected chi connectivity index (χ0v) is 12.0. The highest BCUT2D eigenvalue weighted by molar-refractivity contribution is 5.80. The molecule has 0 radical (unpaired) electrons. The first-order valence-electron chi connectivity index (χ1n) is 6.45. The Kier molecular flexibility index (Phi) is 5.35. The van der Waals surface area contributed by atoms with Gasteiger partial charge in [-0.2, -0.15) is 0 Å². The van der Waals surface area contributed by atoms with Crippen molar-refractivity contribution >= 4 is 5.91 Å². The van der Waals surface area contributed by atoms with Crippen molar-refractivity contribution in [2.45, 2.75) is 32.9 Å². The van der Waals surface area contributed by atoms with Gasteiger partial charge in [0.25, 0.3) is 0 Å². The van der Waals surface area contributed by atoms with Crippen LogP contribution in [0.4, 0.5) is 0 Å². The molecule has 0 bridgehead atoms. The molecule has 0 saturated heterocycles. The molecule has 0 heterocycles. The van der Waals surface area contributed by atoms with E-state index < -0.39 is 0 Å². The van der Waals surface area contributed by atoms with Gasteiger partial charge in [-0.15, -0.1) is 0 Å². The number of nitrogens with one attached hydrogen (secondary N) is 1. The second-order valence-corrected chi connectivity index (χ2v) is 5.25. The van der Waals surface area contributed by atoms with Gasteiger partial charge in [-0.25, -0.2) is 0 Å². The fraction of sp³-hybridized carbons (Fsp3) is 0.533. The van der Waals surface area contributed by atoms with E-state index in [2.05, 4.69) is 31.3 Å². The van der Waals surface area contributed by atoms with Gasteiger partial charge in [-0.3, -0.25) is 10.1 Å². The molecule has 100 valence electrons. The number of carbonyl (C=O) groups is 1. The molecule has 1 aromatic carbocycles. The third kappa shape index (κ3) is 3.84. The largest absolute Gasteiger partial charge is 0.347 e. The maximum atomic E-state index is 11.9. The van der Waals surface area contributed by atoms with Crippen LogP contribution in [0.5, 0.6) is 0 Å². The van der Waals surface area contributed by atoms with Crippen molar-refractivity contribution in [2.24, 2.45) is 5.92 Å². The van der Waals surface area contributed by atoms with Gasteiger partial charge < -0.3 is 4.90 Å². The maximum absolute atomic E-state index is 11.9. The number of rotatable bonds is 5. The van der Waals surface area contributed by atoms with Crippen molar-refractivity contribution in [3.8, 4) is 0 Å². The Bertz CT molecular complexity index is 373. The Hall–Kier alpha value is -1.35. The van der Waals surface area contributed by atoms with E-state index in [1.54, 1.807) is 19.0 Å². The fourth-order valence-corrected chi connectivity index (χ4v) is 2.06. The van der Waals surface area contributed by atoms with Gasteiger partial charge in [-0.05, 0) is 18.4 Å². The molecule has 0 aliphatic heterocycles. The molecule has 1 N–H and O–H groups in total. The summed E-state index contributed by atoms with van der Waals surface area (Å²) in [6.45, 7) is 6.25. The summed E-state index contributed by atoms with van der Waals surface area (Å²) in [6.07, 6.45) is 0. The van der Waals surface area contributed by atoms with Gasteiger partial charge in [0, 0.05) is 20.1 Å². The lowest BCUT2D eigenvalue weighted by molar-refractivity contribution is -0.130. The SMILES string of the molecule is CC(NC(c1ccccc1)C(C)C)C(=O)N(C)C. The minimum atomic E-state index is -0.174. The first kappa shape index (κ1) is 14.7. The Labute approximate surface area is 110 Å². The second-order valence-electron chi connectivity index (χ2n) is 5.25. The van der Waals surface area contributed by atoms with Crippen LogP contribution in [-0.2, 0) is 4.79 Å². The number of likely N-dealkylation sites (N-methyl/N-ethyl adjacent to an activating group) is 1. The molecular weight excluding hydrogens is 224 g/mol. The molecule has 0 spiro atoms. The van der Waals surface area contributed by atoms with Crippen LogP contribution >= 0.6 is 0 Å². The predicted molar refractivity (Wildman–Crippen MR) is 75.3 cm³/mol. The lowest BCUT2D eigenvalue weighted by Gasteiger charge is -2.27. The van der Waals surface area contributed by atoms with Crippen molar-refractivity contribution < 1.29 is 4.79 Å². The quantitative estimate of drug-likeness (QED) is 0.868. The zero-order chi connectivity index (χ0) is 13.7. The van der Waals surface area contributed by atoms with E-state index >= 15 is 0 Å². The van der Waals surface area contributed by atoms with Crippen LogP contribution in [0.15, 0.2) is 30.3 Å². The molecule has 1 amide bonds. The lowest BCUT2D eigenvalue weighted by Crippen LogP contribution is -2.44. The van der Waals surface area contributed by atoms with Gasteiger partial charge in [-0.1, -0.05) is 44.2 Å². The third-order valence-corrected chi connectivity index (χ3v) is 3.07. The van der Waals surface area contributed by atoms with E-state index in [0.29, 0.717) is 5.92 Å². The number of amides is 1. The number of benzene rings is 1. The Morgan fingerprint density at radius 3 is 2.11 bits per heavy atom. The molecule has 0 aliphatic carbocycles. The highest BCUT2D eigenvalue weighted by Gasteiger charge is 2.22. The summed E-state index contributed by atoms with van der Waals surface area (Å²) in [5, 5.41) is 3.42. The number of hydrogen-bond acceptors (Lipinski definition) is 2. The number of nitrogens with zero attached hydrogens (tertiary/aromatic N) is 1. The average molecular weight is 248 g/mol. The molecule has 2 atom stereocenters. The van der Waals surface area contributed by atoms with Crippen molar-refractivity contribution in [1.29, 1.82) is 0 Å². The van der Waals surface area contributed by atoms with Crippen LogP contribution in [0.25, 0.3) is 0 Å². The topological polar surface area (TPSA) is 32.3 Å². The number of hydrogen-bond donors (Lipinski definition) is 1. The van der Waals surface area contributed by atoms with Gasteiger partial charge >= 0.3 is 0 Å². The molecule has 0 aromatic heterocycles. The van der Waals surface area contributed by atoms with Crippen LogP contribution in [0.1, 0.15) is 32.4 Å². The Balaban J connectivity index is 2.79. The van der Waals surface area contributed by atoms with E-state index in [4.69, 9.17) is 0 Å².